The second-order valence-electron chi connectivity index (χ2n) is 7.87. The molecule has 32 heavy (non-hydrogen) atoms. The van der Waals surface area contributed by atoms with Gasteiger partial charge in [0.15, 0.2) is 5.41 Å². The summed E-state index contributed by atoms with van der Waals surface area (Å²) in [5.41, 5.74) is -10.9. The van der Waals surface area contributed by atoms with Gasteiger partial charge in [0.1, 0.15) is 6.10 Å². The van der Waals surface area contributed by atoms with E-state index in [1.165, 1.54) is 0 Å². The first-order chi connectivity index (χ1) is 13.9. The third-order valence-corrected chi connectivity index (χ3v) is 5.74. The molecule has 1 aliphatic rings. The minimum Gasteiger partial charge on any atom is -0.459 e. The van der Waals surface area contributed by atoms with Gasteiger partial charge in [0.05, 0.1) is 0 Å². The normalized spacial score (nSPS) is 24.3. The van der Waals surface area contributed by atoms with Gasteiger partial charge in [0, 0.05) is 11.5 Å². The van der Waals surface area contributed by atoms with Crippen LogP contribution < -0.4 is 0 Å². The van der Waals surface area contributed by atoms with Crippen molar-refractivity contribution in [3.8, 4) is 0 Å². The van der Waals surface area contributed by atoms with Gasteiger partial charge >= 0.3 is 30.7 Å². The van der Waals surface area contributed by atoms with Crippen molar-refractivity contribution in [1.29, 1.82) is 0 Å². The van der Waals surface area contributed by atoms with E-state index in [2.05, 4.69) is 11.3 Å². The Morgan fingerprint density at radius 3 is 1.47 bits per heavy atom. The van der Waals surface area contributed by atoms with E-state index in [-0.39, 0.29) is 0 Å². The number of carbonyl (C=O) groups excluding carboxylic acids is 1. The molecule has 0 amide bonds. The molecule has 0 aromatic rings. The fraction of sp³-hybridized carbons (Fsp3) is 0.824. The zero-order valence-electron chi connectivity index (χ0n) is 16.4. The van der Waals surface area contributed by atoms with E-state index >= 15 is 0 Å². The molecular formula is C17H18F12O3. The van der Waals surface area contributed by atoms with Crippen LogP contribution in [0.1, 0.15) is 33.1 Å². The van der Waals surface area contributed by atoms with Gasteiger partial charge in [-0.2, -0.15) is 52.7 Å². The number of rotatable bonds is 4. The summed E-state index contributed by atoms with van der Waals surface area (Å²) in [6.07, 6.45) is -32.3. The zero-order chi connectivity index (χ0) is 25.7. The monoisotopic (exact) mass is 498 g/mol. The first kappa shape index (κ1) is 28.4. The van der Waals surface area contributed by atoms with E-state index in [0.29, 0.717) is 0 Å². The molecule has 1 saturated carbocycles. The Hall–Kier alpha value is -1.67. The van der Waals surface area contributed by atoms with Crippen molar-refractivity contribution in [1.82, 2.24) is 0 Å². The second kappa shape index (κ2) is 8.28. The molecular weight excluding hydrogens is 480 g/mol. The number of hydrogen-bond acceptors (Lipinski definition) is 3. The van der Waals surface area contributed by atoms with Crippen LogP contribution in [0.25, 0.3) is 0 Å². The third-order valence-electron chi connectivity index (χ3n) is 5.74. The van der Waals surface area contributed by atoms with Gasteiger partial charge in [-0.3, -0.25) is 0 Å². The largest absolute Gasteiger partial charge is 0.459 e. The van der Waals surface area contributed by atoms with E-state index in [0.717, 1.165) is 6.92 Å². The van der Waals surface area contributed by atoms with Crippen molar-refractivity contribution in [2.45, 2.75) is 69.5 Å². The van der Waals surface area contributed by atoms with E-state index in [1.54, 1.807) is 0 Å². The highest BCUT2D eigenvalue weighted by atomic mass is 19.4. The van der Waals surface area contributed by atoms with Crippen LogP contribution >= 0.6 is 0 Å². The lowest BCUT2D eigenvalue weighted by Crippen LogP contribution is -2.65. The van der Waals surface area contributed by atoms with Gasteiger partial charge in [-0.25, -0.2) is 4.79 Å². The first-order valence-corrected chi connectivity index (χ1v) is 8.77. The summed E-state index contributed by atoms with van der Waals surface area (Å²) < 4.78 is 165. The summed E-state index contributed by atoms with van der Waals surface area (Å²) in [5, 5.41) is 9.59. The highest BCUT2D eigenvalue weighted by Gasteiger charge is 2.77. The maximum Gasteiger partial charge on any atom is 0.426 e. The minimum absolute atomic E-state index is 0.405. The molecule has 188 valence electrons. The van der Waals surface area contributed by atoms with Gasteiger partial charge in [-0.05, 0) is 39.0 Å². The predicted octanol–water partition coefficient (Wildman–Crippen LogP) is 5.88. The fourth-order valence-electron chi connectivity index (χ4n) is 3.67. The number of aliphatic hydroxyl groups is 1. The van der Waals surface area contributed by atoms with Crippen LogP contribution in [-0.4, -0.2) is 47.5 Å². The van der Waals surface area contributed by atoms with Crippen LogP contribution in [0.15, 0.2) is 12.2 Å². The summed E-state index contributed by atoms with van der Waals surface area (Å²) in [6.45, 7) is 3.65. The smallest absolute Gasteiger partial charge is 0.426 e. The quantitative estimate of drug-likeness (QED) is 0.299. The fourth-order valence-corrected chi connectivity index (χ4v) is 3.67. The number of esters is 1. The summed E-state index contributed by atoms with van der Waals surface area (Å²) in [4.78, 5) is 11.6. The first-order valence-electron chi connectivity index (χ1n) is 8.77. The number of ether oxygens (including phenoxy) is 1. The van der Waals surface area contributed by atoms with Crippen molar-refractivity contribution in [2.75, 3.05) is 0 Å². The van der Waals surface area contributed by atoms with Gasteiger partial charge in [0.25, 0.3) is 5.60 Å². The van der Waals surface area contributed by atoms with Crippen LogP contribution in [-0.2, 0) is 9.53 Å². The molecule has 0 radical (unpaired) electrons. The van der Waals surface area contributed by atoms with Gasteiger partial charge in [-0.1, -0.05) is 6.58 Å². The molecule has 1 N–H and O–H groups in total. The predicted molar refractivity (Wildman–Crippen MR) is 82.8 cm³/mol. The van der Waals surface area contributed by atoms with Crippen molar-refractivity contribution in [2.24, 2.45) is 17.3 Å². The molecule has 3 nitrogen and oxygen atoms in total. The molecule has 15 heteroatoms. The molecule has 0 aromatic heterocycles. The third kappa shape index (κ3) is 4.81. The number of halogens is 12. The van der Waals surface area contributed by atoms with Crippen molar-refractivity contribution < 1.29 is 67.3 Å². The number of carbonyl (C=O) groups is 1. The standard InChI is InChI=1S/C17H18F12O3/c1-7(2)11(30)32-10-5-8(12(3,14(18,19)20)15(21,22)23)4-9(6-10)13(31,16(24,25)26)17(27,28)29/h8-10,31H,1,4-6H2,2-3H3. The van der Waals surface area contributed by atoms with Gasteiger partial charge in [-0.15, -0.1) is 0 Å². The summed E-state index contributed by atoms with van der Waals surface area (Å²) in [5.74, 6) is -7.62. The molecule has 1 fully saturated rings. The van der Waals surface area contributed by atoms with Crippen LogP contribution in [0.4, 0.5) is 52.7 Å². The molecule has 3 atom stereocenters. The molecule has 0 aromatic carbocycles. The lowest BCUT2D eigenvalue weighted by atomic mass is 9.62. The Morgan fingerprint density at radius 1 is 0.781 bits per heavy atom. The molecule has 1 rings (SSSR count). The van der Waals surface area contributed by atoms with Crippen LogP contribution in [0.3, 0.4) is 0 Å². The van der Waals surface area contributed by atoms with Crippen LogP contribution in [0, 0.1) is 17.3 Å². The van der Waals surface area contributed by atoms with Crippen molar-refractivity contribution in [3.05, 3.63) is 12.2 Å². The Balaban J connectivity index is 3.67. The molecule has 0 saturated heterocycles. The average Bonchev–Trinajstić information content (AvgIpc) is 2.55. The summed E-state index contributed by atoms with van der Waals surface area (Å²) in [7, 11) is 0. The Kier molecular flexibility index (Phi) is 7.34. The maximum absolute atomic E-state index is 13.4. The number of hydrogen-bond donors (Lipinski definition) is 1. The molecule has 1 aliphatic carbocycles. The molecule has 0 heterocycles. The summed E-state index contributed by atoms with van der Waals surface area (Å²) >= 11 is 0. The Labute approximate surface area is 173 Å². The van der Waals surface area contributed by atoms with Gasteiger partial charge < -0.3 is 9.84 Å². The minimum atomic E-state index is -6.51. The Morgan fingerprint density at radius 2 is 1.16 bits per heavy atom. The van der Waals surface area contributed by atoms with E-state index < -0.39 is 91.4 Å². The molecule has 0 spiro atoms. The van der Waals surface area contributed by atoms with Crippen LogP contribution in [0.5, 0.6) is 0 Å². The zero-order valence-corrected chi connectivity index (χ0v) is 16.4. The highest BCUT2D eigenvalue weighted by Crippen LogP contribution is 2.61. The Bertz CT molecular complexity index is 642. The molecule has 3 unspecified atom stereocenters. The highest BCUT2D eigenvalue weighted by molar-refractivity contribution is 5.87. The molecule has 0 bridgehead atoms. The number of alkyl halides is 12. The maximum atomic E-state index is 13.4. The van der Waals surface area contributed by atoms with E-state index in [9.17, 15) is 62.6 Å². The summed E-state index contributed by atoms with van der Waals surface area (Å²) in [6, 6.07) is 0. The SMILES string of the molecule is C=C(C)C(=O)OC1CC(C(C)(C(F)(F)F)C(F)(F)F)CC(C(O)(C(F)(F)F)C(F)(F)F)C1. The van der Waals surface area contributed by atoms with E-state index in [1.807, 2.05) is 0 Å². The van der Waals surface area contributed by atoms with Crippen molar-refractivity contribution in [3.63, 3.8) is 0 Å². The second-order valence-corrected chi connectivity index (χ2v) is 7.87. The molecule has 0 aliphatic heterocycles. The van der Waals surface area contributed by atoms with Crippen molar-refractivity contribution >= 4 is 5.97 Å². The topological polar surface area (TPSA) is 46.5 Å². The van der Waals surface area contributed by atoms with Gasteiger partial charge in [0.2, 0.25) is 0 Å². The average molecular weight is 498 g/mol. The van der Waals surface area contributed by atoms with Crippen LogP contribution in [0.2, 0.25) is 0 Å². The lowest BCUT2D eigenvalue weighted by molar-refractivity contribution is -0.395. The lowest BCUT2D eigenvalue weighted by Gasteiger charge is -2.49. The van der Waals surface area contributed by atoms with E-state index in [4.69, 9.17) is 0 Å².